The second kappa shape index (κ2) is 9.12. The Morgan fingerprint density at radius 2 is 1.11 bits per heavy atom. The number of aromatic nitrogens is 3. The predicted octanol–water partition coefficient (Wildman–Crippen LogP) is 7.95. The second-order valence-corrected chi connectivity index (χ2v) is 8.87. The molecule has 2 N–H and O–H groups in total. The Bertz CT molecular complexity index is 1720. The first-order chi connectivity index (χ1) is 17.7. The lowest BCUT2D eigenvalue weighted by Crippen LogP contribution is -2.04. The summed E-state index contributed by atoms with van der Waals surface area (Å²) in [5.41, 5.74) is 6.93. The summed E-state index contributed by atoms with van der Waals surface area (Å²) in [6, 6.07) is 34.7. The molecule has 0 saturated heterocycles. The summed E-state index contributed by atoms with van der Waals surface area (Å²) >= 11 is 0. The lowest BCUT2D eigenvalue weighted by Gasteiger charge is -2.16. The van der Waals surface area contributed by atoms with E-state index in [4.69, 9.17) is 15.0 Å². The van der Waals surface area contributed by atoms with Gasteiger partial charge in [-0.2, -0.15) is 0 Å². The molecule has 0 saturated carbocycles. The summed E-state index contributed by atoms with van der Waals surface area (Å²) in [4.78, 5) is 15.0. The van der Waals surface area contributed by atoms with E-state index in [2.05, 4.69) is 60.9 Å². The molecule has 4 aromatic carbocycles. The fourth-order valence-electron chi connectivity index (χ4n) is 4.36. The van der Waals surface area contributed by atoms with Gasteiger partial charge in [-0.25, -0.2) is 15.0 Å². The summed E-state index contributed by atoms with van der Waals surface area (Å²) < 4.78 is 0. The van der Waals surface area contributed by atoms with E-state index in [0.29, 0.717) is 5.82 Å². The van der Waals surface area contributed by atoms with E-state index in [1.807, 2.05) is 66.7 Å². The molecule has 0 amide bonds. The van der Waals surface area contributed by atoms with E-state index in [9.17, 15) is 0 Å². The number of fused-ring (bicyclic) bond motifs is 2. The highest BCUT2D eigenvalue weighted by Gasteiger charge is 2.16. The molecule has 0 fully saturated rings. The third kappa shape index (κ3) is 4.12. The fourth-order valence-corrected chi connectivity index (χ4v) is 4.36. The average Bonchev–Trinajstić information content (AvgIpc) is 2.91. The standard InChI is InChI=1S/C31H25N5/c1-20-11-3-7-15-25(20)32-29-23-14-6-10-18-28(23)35-31(36-29)24-19-22-13-5-9-17-27(22)34-30(24)33-26-16-8-4-12-21(26)2/h3-19H,1-2H3,(H,33,34)(H,32,35,36). The van der Waals surface area contributed by atoms with E-state index in [-0.39, 0.29) is 0 Å². The summed E-state index contributed by atoms with van der Waals surface area (Å²) in [6.07, 6.45) is 0. The zero-order valence-corrected chi connectivity index (χ0v) is 20.2. The molecule has 0 radical (unpaired) electrons. The highest BCUT2D eigenvalue weighted by Crippen LogP contribution is 2.34. The fraction of sp³-hybridized carbons (Fsp3) is 0.0645. The second-order valence-electron chi connectivity index (χ2n) is 8.87. The maximum absolute atomic E-state index is 5.04. The van der Waals surface area contributed by atoms with Crippen LogP contribution in [0.3, 0.4) is 0 Å². The van der Waals surface area contributed by atoms with Crippen LogP contribution in [0.2, 0.25) is 0 Å². The molecule has 36 heavy (non-hydrogen) atoms. The van der Waals surface area contributed by atoms with Crippen LogP contribution in [0, 0.1) is 13.8 Å². The van der Waals surface area contributed by atoms with Gasteiger partial charge < -0.3 is 10.6 Å². The molecular weight excluding hydrogens is 442 g/mol. The largest absolute Gasteiger partial charge is 0.339 e. The van der Waals surface area contributed by atoms with Crippen molar-refractivity contribution in [2.75, 3.05) is 10.6 Å². The number of nitrogens with one attached hydrogen (secondary N) is 2. The Balaban J connectivity index is 1.56. The van der Waals surface area contributed by atoms with Crippen LogP contribution in [0.25, 0.3) is 33.2 Å². The molecule has 0 spiro atoms. The minimum absolute atomic E-state index is 0.610. The number of nitrogens with zero attached hydrogens (tertiary/aromatic N) is 3. The van der Waals surface area contributed by atoms with Gasteiger partial charge in [0, 0.05) is 22.1 Å². The topological polar surface area (TPSA) is 62.7 Å². The number of hydrogen-bond acceptors (Lipinski definition) is 5. The molecule has 174 valence electrons. The monoisotopic (exact) mass is 467 g/mol. The average molecular weight is 468 g/mol. The number of rotatable bonds is 5. The van der Waals surface area contributed by atoms with Gasteiger partial charge in [-0.1, -0.05) is 66.7 Å². The summed E-state index contributed by atoms with van der Waals surface area (Å²) in [5, 5.41) is 9.09. The number of pyridine rings is 1. The molecule has 0 aliphatic heterocycles. The Labute approximate surface area is 209 Å². The van der Waals surface area contributed by atoms with Crippen LogP contribution in [0.4, 0.5) is 23.0 Å². The summed E-state index contributed by atoms with van der Waals surface area (Å²) in [5.74, 6) is 2.10. The first-order valence-corrected chi connectivity index (χ1v) is 12.0. The van der Waals surface area contributed by atoms with Crippen LogP contribution >= 0.6 is 0 Å². The molecular formula is C31H25N5. The normalized spacial score (nSPS) is 11.1. The first-order valence-electron chi connectivity index (χ1n) is 12.0. The molecule has 5 heteroatoms. The molecule has 0 atom stereocenters. The molecule has 5 nitrogen and oxygen atoms in total. The Morgan fingerprint density at radius 3 is 1.83 bits per heavy atom. The molecule has 2 heterocycles. The van der Waals surface area contributed by atoms with E-state index < -0.39 is 0 Å². The predicted molar refractivity (Wildman–Crippen MR) is 149 cm³/mol. The Kier molecular flexibility index (Phi) is 5.51. The van der Waals surface area contributed by atoms with Gasteiger partial charge in [0.25, 0.3) is 0 Å². The van der Waals surface area contributed by atoms with Crippen molar-refractivity contribution in [2.45, 2.75) is 13.8 Å². The Hall–Kier alpha value is -4.77. The number of hydrogen-bond donors (Lipinski definition) is 2. The Morgan fingerprint density at radius 1 is 0.528 bits per heavy atom. The van der Waals surface area contributed by atoms with Crippen LogP contribution in [0.5, 0.6) is 0 Å². The van der Waals surface area contributed by atoms with Crippen LogP contribution in [-0.2, 0) is 0 Å². The van der Waals surface area contributed by atoms with Gasteiger partial charge in [0.05, 0.1) is 16.6 Å². The van der Waals surface area contributed by atoms with Crippen molar-refractivity contribution >= 4 is 44.8 Å². The minimum Gasteiger partial charge on any atom is -0.339 e. The van der Waals surface area contributed by atoms with Gasteiger partial charge in [-0.05, 0) is 61.4 Å². The molecule has 0 bridgehead atoms. The number of aryl methyl sites for hydroxylation is 2. The van der Waals surface area contributed by atoms with Gasteiger partial charge in [0.2, 0.25) is 0 Å². The number of anilines is 4. The maximum atomic E-state index is 5.04. The highest BCUT2D eigenvalue weighted by molar-refractivity contribution is 5.95. The zero-order valence-electron chi connectivity index (χ0n) is 20.2. The third-order valence-corrected chi connectivity index (χ3v) is 6.36. The summed E-state index contributed by atoms with van der Waals surface area (Å²) in [6.45, 7) is 4.17. The molecule has 0 aliphatic carbocycles. The summed E-state index contributed by atoms with van der Waals surface area (Å²) in [7, 11) is 0. The highest BCUT2D eigenvalue weighted by atomic mass is 15.1. The van der Waals surface area contributed by atoms with Gasteiger partial charge >= 0.3 is 0 Å². The number of benzene rings is 4. The van der Waals surface area contributed by atoms with Crippen molar-refractivity contribution in [3.63, 3.8) is 0 Å². The van der Waals surface area contributed by atoms with Crippen molar-refractivity contribution in [2.24, 2.45) is 0 Å². The molecule has 0 unspecified atom stereocenters. The van der Waals surface area contributed by atoms with Crippen LogP contribution in [-0.4, -0.2) is 15.0 Å². The van der Waals surface area contributed by atoms with Crippen molar-refractivity contribution in [3.05, 3.63) is 114 Å². The lowest BCUT2D eigenvalue weighted by molar-refractivity contribution is 1.21. The van der Waals surface area contributed by atoms with Crippen molar-refractivity contribution in [1.29, 1.82) is 0 Å². The van der Waals surface area contributed by atoms with Crippen molar-refractivity contribution in [1.82, 2.24) is 15.0 Å². The van der Waals surface area contributed by atoms with E-state index in [1.165, 1.54) is 0 Å². The van der Waals surface area contributed by atoms with Crippen LogP contribution in [0.1, 0.15) is 11.1 Å². The zero-order chi connectivity index (χ0) is 24.5. The minimum atomic E-state index is 0.610. The smallest absolute Gasteiger partial charge is 0.165 e. The third-order valence-electron chi connectivity index (χ3n) is 6.36. The quantitative estimate of drug-likeness (QED) is 0.269. The molecule has 0 aliphatic rings. The van der Waals surface area contributed by atoms with Gasteiger partial charge in [-0.15, -0.1) is 0 Å². The van der Waals surface area contributed by atoms with Gasteiger partial charge in [0.15, 0.2) is 5.82 Å². The van der Waals surface area contributed by atoms with Crippen LogP contribution in [0.15, 0.2) is 103 Å². The van der Waals surface area contributed by atoms with Crippen molar-refractivity contribution in [3.8, 4) is 11.4 Å². The maximum Gasteiger partial charge on any atom is 0.165 e. The van der Waals surface area contributed by atoms with E-state index >= 15 is 0 Å². The number of para-hydroxylation sites is 4. The van der Waals surface area contributed by atoms with Crippen molar-refractivity contribution < 1.29 is 0 Å². The van der Waals surface area contributed by atoms with Gasteiger partial charge in [0.1, 0.15) is 11.6 Å². The molecule has 2 aromatic heterocycles. The van der Waals surface area contributed by atoms with E-state index in [0.717, 1.165) is 61.5 Å². The molecule has 6 rings (SSSR count). The van der Waals surface area contributed by atoms with Gasteiger partial charge in [-0.3, -0.25) is 0 Å². The lowest BCUT2D eigenvalue weighted by atomic mass is 10.1. The first kappa shape index (κ1) is 21.7. The SMILES string of the molecule is Cc1ccccc1Nc1nc2ccccc2cc1-c1nc(Nc2ccccc2C)c2ccccc2n1. The van der Waals surface area contributed by atoms with E-state index in [1.54, 1.807) is 0 Å². The molecule has 6 aromatic rings. The van der Waals surface area contributed by atoms with Crippen LogP contribution < -0.4 is 10.6 Å².